The van der Waals surface area contributed by atoms with Crippen molar-refractivity contribution >= 4 is 5.97 Å². The third kappa shape index (κ3) is 6.23. The van der Waals surface area contributed by atoms with Gasteiger partial charge in [0.1, 0.15) is 0 Å². The van der Waals surface area contributed by atoms with Crippen molar-refractivity contribution in [3.63, 3.8) is 0 Å². The molecule has 16 heavy (non-hydrogen) atoms. The molecule has 0 atom stereocenters. The summed E-state index contributed by atoms with van der Waals surface area (Å²) in [4.78, 5) is 10.9. The zero-order chi connectivity index (χ0) is 12.4. The molecule has 0 unspecified atom stereocenters. The molecular weight excluding hydrogens is 200 g/mol. The molecule has 90 valence electrons. The Morgan fingerprint density at radius 2 is 1.50 bits per heavy atom. The minimum absolute atomic E-state index is 0.191. The lowest BCUT2D eigenvalue weighted by Gasteiger charge is -2.00. The Hall–Kier alpha value is -1.31. The Morgan fingerprint density at radius 3 is 1.88 bits per heavy atom. The third-order valence-electron chi connectivity index (χ3n) is 2.01. The summed E-state index contributed by atoms with van der Waals surface area (Å²) in [5.41, 5.74) is 2.29. The summed E-state index contributed by atoms with van der Waals surface area (Å²) < 4.78 is 4.57. The van der Waals surface area contributed by atoms with Crippen molar-refractivity contribution in [3.05, 3.63) is 35.4 Å². The molecule has 0 amide bonds. The Balaban J connectivity index is 0.000000673. The molecule has 0 N–H and O–H groups in total. The summed E-state index contributed by atoms with van der Waals surface area (Å²) in [7, 11) is 1.41. The van der Waals surface area contributed by atoms with Gasteiger partial charge in [0.2, 0.25) is 0 Å². The quantitative estimate of drug-likeness (QED) is 0.733. The van der Waals surface area contributed by atoms with Crippen molar-refractivity contribution in [1.82, 2.24) is 0 Å². The fraction of sp³-hybridized carbons (Fsp3) is 0.500. The van der Waals surface area contributed by atoms with Crippen LogP contribution in [0.1, 0.15) is 38.3 Å². The molecule has 0 radical (unpaired) electrons. The summed E-state index contributed by atoms with van der Waals surface area (Å²) in [6, 6.07) is 8.02. The van der Waals surface area contributed by atoms with Gasteiger partial charge in [-0.25, -0.2) is 0 Å². The zero-order valence-corrected chi connectivity index (χ0v) is 10.7. The topological polar surface area (TPSA) is 26.3 Å². The molecule has 2 nitrogen and oxygen atoms in total. The highest BCUT2D eigenvalue weighted by molar-refractivity contribution is 5.72. The number of methoxy groups -OCH3 is 1. The molecule has 2 heteroatoms. The van der Waals surface area contributed by atoms with Crippen LogP contribution in [0.3, 0.4) is 0 Å². The number of carbonyl (C=O) groups is 1. The van der Waals surface area contributed by atoms with E-state index in [0.29, 0.717) is 6.42 Å². The highest BCUT2D eigenvalue weighted by atomic mass is 16.5. The first kappa shape index (κ1) is 14.7. The van der Waals surface area contributed by atoms with Gasteiger partial charge < -0.3 is 4.74 Å². The second-order valence-corrected chi connectivity index (χ2v) is 3.63. The van der Waals surface area contributed by atoms with Gasteiger partial charge in [-0.2, -0.15) is 0 Å². The van der Waals surface area contributed by atoms with Crippen LogP contribution in [0.5, 0.6) is 0 Å². The first-order valence-corrected chi connectivity index (χ1v) is 5.82. The third-order valence-corrected chi connectivity index (χ3v) is 2.01. The van der Waals surface area contributed by atoms with E-state index in [1.54, 1.807) is 0 Å². The van der Waals surface area contributed by atoms with E-state index in [0.717, 1.165) is 12.0 Å². The predicted octanol–water partition coefficient (Wildman–Crippen LogP) is 3.38. The second kappa shape index (κ2) is 8.96. The molecule has 0 fully saturated rings. The smallest absolute Gasteiger partial charge is 0.309 e. The molecular formula is C14H22O2. The fourth-order valence-electron chi connectivity index (χ4n) is 1.13. The molecule has 1 rings (SSSR count). The van der Waals surface area contributed by atoms with Crippen LogP contribution in [0.25, 0.3) is 0 Å². The fourth-order valence-corrected chi connectivity index (χ4v) is 1.13. The number of rotatable bonds is 3. The SMILES string of the molecule is CCC.CCc1ccc(CC(=O)OC)cc1. The molecule has 0 aliphatic rings. The second-order valence-electron chi connectivity index (χ2n) is 3.63. The first-order chi connectivity index (χ1) is 7.67. The van der Waals surface area contributed by atoms with E-state index >= 15 is 0 Å². The Labute approximate surface area is 98.6 Å². The minimum Gasteiger partial charge on any atom is -0.469 e. The summed E-state index contributed by atoms with van der Waals surface area (Å²) in [6.45, 7) is 6.36. The summed E-state index contributed by atoms with van der Waals surface area (Å²) >= 11 is 0. The van der Waals surface area contributed by atoms with E-state index < -0.39 is 0 Å². The van der Waals surface area contributed by atoms with Crippen LogP contribution in [0, 0.1) is 0 Å². The van der Waals surface area contributed by atoms with Gasteiger partial charge in [0.25, 0.3) is 0 Å². The van der Waals surface area contributed by atoms with E-state index in [1.165, 1.54) is 19.1 Å². The van der Waals surface area contributed by atoms with Crippen molar-refractivity contribution in [2.45, 2.75) is 40.0 Å². The molecule has 0 spiro atoms. The maximum absolute atomic E-state index is 10.9. The minimum atomic E-state index is -0.191. The van der Waals surface area contributed by atoms with E-state index in [-0.39, 0.29) is 5.97 Å². The average Bonchev–Trinajstić information content (AvgIpc) is 2.31. The van der Waals surface area contributed by atoms with Crippen LogP contribution in [-0.2, 0) is 22.4 Å². The van der Waals surface area contributed by atoms with Crippen LogP contribution < -0.4 is 0 Å². The normalized spacial score (nSPS) is 9.00. The van der Waals surface area contributed by atoms with Gasteiger partial charge in [-0.3, -0.25) is 4.79 Å². The van der Waals surface area contributed by atoms with Crippen LogP contribution in [0.15, 0.2) is 24.3 Å². The average molecular weight is 222 g/mol. The van der Waals surface area contributed by atoms with Gasteiger partial charge in [0.05, 0.1) is 13.5 Å². The molecule has 0 aliphatic carbocycles. The van der Waals surface area contributed by atoms with Crippen molar-refractivity contribution in [2.75, 3.05) is 7.11 Å². The van der Waals surface area contributed by atoms with Gasteiger partial charge >= 0.3 is 5.97 Å². The lowest BCUT2D eigenvalue weighted by molar-refractivity contribution is -0.139. The van der Waals surface area contributed by atoms with Gasteiger partial charge in [0.15, 0.2) is 0 Å². The summed E-state index contributed by atoms with van der Waals surface area (Å²) in [6.07, 6.45) is 2.64. The van der Waals surface area contributed by atoms with Gasteiger partial charge in [-0.05, 0) is 17.5 Å². The number of ether oxygens (including phenoxy) is 1. The van der Waals surface area contributed by atoms with E-state index in [2.05, 4.69) is 25.5 Å². The van der Waals surface area contributed by atoms with Crippen molar-refractivity contribution in [1.29, 1.82) is 0 Å². The maximum Gasteiger partial charge on any atom is 0.309 e. The molecule has 0 aromatic heterocycles. The molecule has 1 aromatic carbocycles. The van der Waals surface area contributed by atoms with Crippen molar-refractivity contribution < 1.29 is 9.53 Å². The Morgan fingerprint density at radius 1 is 1.06 bits per heavy atom. The number of esters is 1. The van der Waals surface area contributed by atoms with Gasteiger partial charge in [0, 0.05) is 0 Å². The van der Waals surface area contributed by atoms with Crippen LogP contribution in [0.2, 0.25) is 0 Å². The predicted molar refractivity (Wildman–Crippen MR) is 67.5 cm³/mol. The number of hydrogen-bond acceptors (Lipinski definition) is 2. The molecule has 0 saturated heterocycles. The Bertz CT molecular complexity index is 288. The van der Waals surface area contributed by atoms with E-state index in [1.807, 2.05) is 24.3 Å². The van der Waals surface area contributed by atoms with Crippen LogP contribution in [-0.4, -0.2) is 13.1 Å². The van der Waals surface area contributed by atoms with Crippen LogP contribution in [0.4, 0.5) is 0 Å². The highest BCUT2D eigenvalue weighted by Crippen LogP contribution is 2.05. The van der Waals surface area contributed by atoms with Crippen molar-refractivity contribution in [2.24, 2.45) is 0 Å². The van der Waals surface area contributed by atoms with Crippen LogP contribution >= 0.6 is 0 Å². The molecule has 0 aliphatic heterocycles. The zero-order valence-electron chi connectivity index (χ0n) is 10.7. The van der Waals surface area contributed by atoms with Gasteiger partial charge in [-0.15, -0.1) is 0 Å². The lowest BCUT2D eigenvalue weighted by Crippen LogP contribution is -2.04. The lowest BCUT2D eigenvalue weighted by atomic mass is 10.1. The number of carbonyl (C=O) groups excluding carboxylic acids is 1. The highest BCUT2D eigenvalue weighted by Gasteiger charge is 2.01. The van der Waals surface area contributed by atoms with E-state index in [9.17, 15) is 4.79 Å². The molecule has 0 bridgehead atoms. The monoisotopic (exact) mass is 222 g/mol. The molecule has 1 aromatic rings. The Kier molecular flexibility index (Phi) is 8.22. The standard InChI is InChI=1S/C11H14O2.C3H8/c1-3-9-4-6-10(7-5-9)8-11(12)13-2;1-3-2/h4-7H,3,8H2,1-2H3;3H2,1-2H3. The number of aryl methyl sites for hydroxylation is 1. The summed E-state index contributed by atoms with van der Waals surface area (Å²) in [5.74, 6) is -0.191. The van der Waals surface area contributed by atoms with Gasteiger partial charge in [-0.1, -0.05) is 51.5 Å². The number of hydrogen-bond donors (Lipinski definition) is 0. The summed E-state index contributed by atoms with van der Waals surface area (Å²) in [5, 5.41) is 0. The maximum atomic E-state index is 10.9. The molecule has 0 saturated carbocycles. The number of benzene rings is 1. The first-order valence-electron chi connectivity index (χ1n) is 5.82. The van der Waals surface area contributed by atoms with Crippen molar-refractivity contribution in [3.8, 4) is 0 Å². The van der Waals surface area contributed by atoms with E-state index in [4.69, 9.17) is 0 Å². The molecule has 0 heterocycles. The largest absolute Gasteiger partial charge is 0.469 e.